The third-order valence-corrected chi connectivity index (χ3v) is 7.03. The second-order valence-electron chi connectivity index (χ2n) is 9.57. The molecule has 0 aliphatic carbocycles. The second kappa shape index (κ2) is 11.2. The largest absolute Gasteiger partial charge is 0.493 e. The third kappa shape index (κ3) is 6.25. The highest BCUT2D eigenvalue weighted by atomic mass is 19.1. The summed E-state index contributed by atoms with van der Waals surface area (Å²) in [4.78, 5) is 43.5. The molecular weight excluding hydrogens is 441 g/mol. The number of nitrogens with zero attached hydrogens (tertiary/aromatic N) is 3. The molecule has 9 heteroatoms. The molecule has 1 aromatic rings. The van der Waals surface area contributed by atoms with Crippen molar-refractivity contribution >= 4 is 17.7 Å². The molecule has 186 valence electrons. The first-order valence-electron chi connectivity index (χ1n) is 12.2. The minimum absolute atomic E-state index is 0.00405. The van der Waals surface area contributed by atoms with Crippen molar-refractivity contribution in [3.8, 4) is 5.75 Å². The lowest BCUT2D eigenvalue weighted by atomic mass is 9.77. The summed E-state index contributed by atoms with van der Waals surface area (Å²) >= 11 is 0. The first-order chi connectivity index (χ1) is 16.4. The van der Waals surface area contributed by atoms with Crippen molar-refractivity contribution in [1.82, 2.24) is 14.7 Å². The molecule has 3 aliphatic rings. The van der Waals surface area contributed by atoms with Crippen LogP contribution in [-0.2, 0) is 19.1 Å². The van der Waals surface area contributed by atoms with Gasteiger partial charge in [0.2, 0.25) is 17.7 Å². The van der Waals surface area contributed by atoms with Crippen LogP contribution in [0.2, 0.25) is 0 Å². The fourth-order valence-corrected chi connectivity index (χ4v) is 5.08. The van der Waals surface area contributed by atoms with E-state index in [9.17, 15) is 18.8 Å². The molecule has 1 aromatic carbocycles. The molecule has 4 rings (SSSR count). The quantitative estimate of drug-likeness (QED) is 0.575. The van der Waals surface area contributed by atoms with Crippen molar-refractivity contribution in [2.45, 2.75) is 38.5 Å². The Morgan fingerprint density at radius 1 is 1.00 bits per heavy atom. The molecular formula is C25H34FN3O5. The molecule has 3 aliphatic heterocycles. The topological polar surface area (TPSA) is 79.4 Å². The van der Waals surface area contributed by atoms with Gasteiger partial charge >= 0.3 is 0 Å². The van der Waals surface area contributed by atoms with Gasteiger partial charge in [0.1, 0.15) is 11.6 Å². The summed E-state index contributed by atoms with van der Waals surface area (Å²) in [5, 5.41) is 0. The number of likely N-dealkylation sites (tertiary alicyclic amines) is 2. The standard InChI is InChI=1S/C25H34FN3O5/c26-20-4-6-21(7-5-20)34-19-25(17-24(32)28-13-15-33-16-14-28)9-2-11-29(18-25)23(31)8-12-27-10-1-3-22(27)30/h4-7H,1-3,8-19H2. The van der Waals surface area contributed by atoms with Crippen molar-refractivity contribution in [2.75, 3.05) is 59.1 Å². The van der Waals surface area contributed by atoms with E-state index in [1.807, 2.05) is 9.80 Å². The predicted octanol–water partition coefficient (Wildman–Crippen LogP) is 2.07. The fraction of sp³-hybridized carbons (Fsp3) is 0.640. The maximum Gasteiger partial charge on any atom is 0.224 e. The highest BCUT2D eigenvalue weighted by Gasteiger charge is 2.41. The lowest BCUT2D eigenvalue weighted by Crippen LogP contribution is -2.52. The Morgan fingerprint density at radius 2 is 1.76 bits per heavy atom. The Balaban J connectivity index is 1.42. The number of piperidine rings is 1. The van der Waals surface area contributed by atoms with Gasteiger partial charge in [0, 0.05) is 63.9 Å². The van der Waals surface area contributed by atoms with Crippen molar-refractivity contribution in [3.63, 3.8) is 0 Å². The van der Waals surface area contributed by atoms with Gasteiger partial charge in [-0.2, -0.15) is 0 Å². The van der Waals surface area contributed by atoms with E-state index in [1.165, 1.54) is 12.1 Å². The maximum atomic E-state index is 13.3. The zero-order valence-corrected chi connectivity index (χ0v) is 19.7. The van der Waals surface area contributed by atoms with E-state index < -0.39 is 5.41 Å². The maximum absolute atomic E-state index is 13.3. The summed E-state index contributed by atoms with van der Waals surface area (Å²) in [5.41, 5.74) is -0.527. The molecule has 0 saturated carbocycles. The van der Waals surface area contributed by atoms with Crippen LogP contribution >= 0.6 is 0 Å². The number of hydrogen-bond donors (Lipinski definition) is 0. The number of halogens is 1. The Hall–Kier alpha value is -2.68. The van der Waals surface area contributed by atoms with Gasteiger partial charge in [0.15, 0.2) is 0 Å². The molecule has 0 bridgehead atoms. The SMILES string of the molecule is O=C1CCCN1CCC(=O)N1CCCC(COc2ccc(F)cc2)(CC(=O)N2CCOCC2)C1. The average molecular weight is 476 g/mol. The van der Waals surface area contributed by atoms with E-state index in [2.05, 4.69) is 0 Å². The number of hydrogen-bond acceptors (Lipinski definition) is 5. The van der Waals surface area contributed by atoms with Crippen LogP contribution in [0.1, 0.15) is 38.5 Å². The molecule has 1 atom stereocenters. The number of carbonyl (C=O) groups excluding carboxylic acids is 3. The van der Waals surface area contributed by atoms with E-state index in [1.54, 1.807) is 17.0 Å². The van der Waals surface area contributed by atoms with Crippen molar-refractivity contribution in [1.29, 1.82) is 0 Å². The van der Waals surface area contributed by atoms with Crippen LogP contribution in [0.4, 0.5) is 4.39 Å². The molecule has 1 unspecified atom stereocenters. The first-order valence-corrected chi connectivity index (χ1v) is 12.2. The Morgan fingerprint density at radius 3 is 2.47 bits per heavy atom. The number of amides is 3. The van der Waals surface area contributed by atoms with Crippen LogP contribution in [0, 0.1) is 11.2 Å². The third-order valence-electron chi connectivity index (χ3n) is 7.03. The molecule has 0 N–H and O–H groups in total. The van der Waals surface area contributed by atoms with Crippen LogP contribution in [0.5, 0.6) is 5.75 Å². The molecule has 0 radical (unpaired) electrons. The fourth-order valence-electron chi connectivity index (χ4n) is 5.08. The lowest BCUT2D eigenvalue weighted by molar-refractivity contribution is -0.144. The number of rotatable bonds is 8. The van der Waals surface area contributed by atoms with E-state index in [4.69, 9.17) is 9.47 Å². The van der Waals surface area contributed by atoms with Crippen LogP contribution in [-0.4, -0.2) is 91.5 Å². The van der Waals surface area contributed by atoms with Gasteiger partial charge in [-0.15, -0.1) is 0 Å². The molecule has 3 fully saturated rings. The normalized spacial score (nSPS) is 23.3. The molecule has 3 amide bonds. The summed E-state index contributed by atoms with van der Waals surface area (Å²) in [6, 6.07) is 5.84. The minimum Gasteiger partial charge on any atom is -0.493 e. The molecule has 34 heavy (non-hydrogen) atoms. The average Bonchev–Trinajstić information content (AvgIpc) is 3.27. The number of carbonyl (C=O) groups is 3. The van der Waals surface area contributed by atoms with E-state index in [0.29, 0.717) is 58.1 Å². The van der Waals surface area contributed by atoms with E-state index in [0.717, 1.165) is 25.8 Å². The van der Waals surface area contributed by atoms with Crippen LogP contribution in [0.25, 0.3) is 0 Å². The predicted molar refractivity (Wildman–Crippen MR) is 123 cm³/mol. The van der Waals surface area contributed by atoms with Gasteiger partial charge in [0.25, 0.3) is 0 Å². The molecule has 8 nitrogen and oxygen atoms in total. The van der Waals surface area contributed by atoms with Crippen LogP contribution in [0.3, 0.4) is 0 Å². The summed E-state index contributed by atoms with van der Waals surface area (Å²) in [6.07, 6.45) is 3.52. The molecule has 0 aromatic heterocycles. The van der Waals surface area contributed by atoms with Crippen molar-refractivity contribution < 1.29 is 28.2 Å². The van der Waals surface area contributed by atoms with Gasteiger partial charge in [-0.1, -0.05) is 0 Å². The summed E-state index contributed by atoms with van der Waals surface area (Å²) < 4.78 is 24.7. The Bertz CT molecular complexity index is 874. The van der Waals surface area contributed by atoms with Gasteiger partial charge in [-0.3, -0.25) is 14.4 Å². The molecule has 0 spiro atoms. The number of morpholine rings is 1. The van der Waals surface area contributed by atoms with E-state index in [-0.39, 0.29) is 43.0 Å². The summed E-state index contributed by atoms with van der Waals surface area (Å²) in [7, 11) is 0. The van der Waals surface area contributed by atoms with E-state index >= 15 is 0 Å². The zero-order valence-electron chi connectivity index (χ0n) is 19.7. The van der Waals surface area contributed by atoms with Crippen molar-refractivity contribution in [3.05, 3.63) is 30.1 Å². The van der Waals surface area contributed by atoms with Gasteiger partial charge in [0.05, 0.1) is 19.8 Å². The van der Waals surface area contributed by atoms with Crippen molar-refractivity contribution in [2.24, 2.45) is 5.41 Å². The lowest BCUT2D eigenvalue weighted by Gasteiger charge is -2.43. The second-order valence-corrected chi connectivity index (χ2v) is 9.57. The monoisotopic (exact) mass is 475 g/mol. The highest BCUT2D eigenvalue weighted by molar-refractivity contribution is 5.81. The van der Waals surface area contributed by atoms with Gasteiger partial charge in [-0.05, 0) is 43.5 Å². The first kappa shape index (κ1) is 24.4. The number of ether oxygens (including phenoxy) is 2. The van der Waals surface area contributed by atoms with Gasteiger partial charge < -0.3 is 24.2 Å². The van der Waals surface area contributed by atoms with Crippen LogP contribution < -0.4 is 4.74 Å². The Kier molecular flexibility index (Phi) is 8.03. The summed E-state index contributed by atoms with van der Waals surface area (Å²) in [6.45, 7) is 4.70. The number of benzene rings is 1. The summed E-state index contributed by atoms with van der Waals surface area (Å²) in [5.74, 6) is 0.364. The molecule has 3 saturated heterocycles. The highest BCUT2D eigenvalue weighted by Crippen LogP contribution is 2.35. The van der Waals surface area contributed by atoms with Gasteiger partial charge in [-0.25, -0.2) is 4.39 Å². The minimum atomic E-state index is -0.527. The smallest absolute Gasteiger partial charge is 0.224 e. The van der Waals surface area contributed by atoms with Crippen LogP contribution in [0.15, 0.2) is 24.3 Å². The Labute approximate surface area is 200 Å². The zero-order chi connectivity index (χ0) is 24.0. The molecule has 3 heterocycles.